The van der Waals surface area contributed by atoms with Gasteiger partial charge in [-0.25, -0.2) is 4.39 Å². The molecular formula is C21H19FN4O2S. The smallest absolute Gasteiger partial charge is 0.252 e. The van der Waals surface area contributed by atoms with Crippen molar-refractivity contribution in [3.63, 3.8) is 0 Å². The Hall–Kier alpha value is -3.31. The van der Waals surface area contributed by atoms with E-state index in [4.69, 9.17) is 9.78 Å². The average Bonchev–Trinajstić information content (AvgIpc) is 3.15. The van der Waals surface area contributed by atoms with Crippen LogP contribution in [-0.2, 0) is 5.75 Å². The van der Waals surface area contributed by atoms with E-state index < -0.39 is 5.82 Å². The van der Waals surface area contributed by atoms with Crippen molar-refractivity contribution in [2.45, 2.75) is 17.6 Å². The van der Waals surface area contributed by atoms with Crippen LogP contribution in [-0.4, -0.2) is 24.2 Å². The van der Waals surface area contributed by atoms with Gasteiger partial charge >= 0.3 is 0 Å². The predicted octanol–water partition coefficient (Wildman–Crippen LogP) is 4.13. The fraction of sp³-hybridized carbons (Fsp3) is 0.190. The lowest BCUT2D eigenvalue weighted by molar-refractivity contribution is 0.0952. The number of benzene rings is 2. The first-order chi connectivity index (χ1) is 14.1. The van der Waals surface area contributed by atoms with Gasteiger partial charge in [0.25, 0.3) is 5.91 Å². The standard InChI is InChI=1S/C21H19FN4O2S/c1-14-10-17(28-26-14)13-29-20-5-3-2-4-18(20)21(27)25-9-8-24-19-7-6-16(22)11-15(19)12-23/h2-7,10-11,24H,8-9,13H2,1H3,(H,25,27). The van der Waals surface area contributed by atoms with Gasteiger partial charge in [0.15, 0.2) is 0 Å². The second-order valence-corrected chi connectivity index (χ2v) is 7.22. The zero-order valence-electron chi connectivity index (χ0n) is 15.7. The predicted molar refractivity (Wildman–Crippen MR) is 109 cm³/mol. The van der Waals surface area contributed by atoms with Crippen LogP contribution < -0.4 is 10.6 Å². The summed E-state index contributed by atoms with van der Waals surface area (Å²) in [5.74, 6) is 0.673. The molecule has 0 saturated carbocycles. The third-order valence-corrected chi connectivity index (χ3v) is 5.10. The number of rotatable bonds is 8. The van der Waals surface area contributed by atoms with E-state index in [1.807, 2.05) is 37.3 Å². The van der Waals surface area contributed by atoms with Gasteiger partial charge in [-0.2, -0.15) is 5.26 Å². The molecule has 1 aromatic heterocycles. The van der Waals surface area contributed by atoms with Crippen LogP contribution in [0.25, 0.3) is 0 Å². The molecule has 3 rings (SSSR count). The van der Waals surface area contributed by atoms with Crippen molar-refractivity contribution in [3.05, 3.63) is 76.9 Å². The van der Waals surface area contributed by atoms with E-state index in [2.05, 4.69) is 15.8 Å². The van der Waals surface area contributed by atoms with Gasteiger partial charge in [0.05, 0.1) is 28.3 Å². The van der Waals surface area contributed by atoms with E-state index in [0.717, 1.165) is 16.3 Å². The number of nitrogens with one attached hydrogen (secondary N) is 2. The summed E-state index contributed by atoms with van der Waals surface area (Å²) in [4.78, 5) is 13.4. The van der Waals surface area contributed by atoms with Crippen molar-refractivity contribution in [2.75, 3.05) is 18.4 Å². The van der Waals surface area contributed by atoms with Gasteiger partial charge in [0, 0.05) is 24.1 Å². The Labute approximate surface area is 172 Å². The van der Waals surface area contributed by atoms with Gasteiger partial charge in [-0.3, -0.25) is 4.79 Å². The second-order valence-electron chi connectivity index (χ2n) is 6.20. The molecule has 0 unspecified atom stereocenters. The summed E-state index contributed by atoms with van der Waals surface area (Å²) in [6.07, 6.45) is 0. The molecule has 0 aliphatic heterocycles. The molecule has 2 N–H and O–H groups in total. The van der Waals surface area contributed by atoms with Crippen LogP contribution >= 0.6 is 11.8 Å². The maximum absolute atomic E-state index is 13.2. The van der Waals surface area contributed by atoms with Gasteiger partial charge in [0.2, 0.25) is 0 Å². The monoisotopic (exact) mass is 410 g/mol. The van der Waals surface area contributed by atoms with Crippen LogP contribution in [0.5, 0.6) is 0 Å². The van der Waals surface area contributed by atoms with Crippen LogP contribution in [0.15, 0.2) is 57.9 Å². The van der Waals surface area contributed by atoms with E-state index in [0.29, 0.717) is 30.1 Å². The quantitative estimate of drug-likeness (QED) is 0.429. The first-order valence-corrected chi connectivity index (χ1v) is 9.91. The van der Waals surface area contributed by atoms with Crippen molar-refractivity contribution in [1.82, 2.24) is 10.5 Å². The summed E-state index contributed by atoms with van der Waals surface area (Å²) in [7, 11) is 0. The number of anilines is 1. The van der Waals surface area contributed by atoms with Gasteiger partial charge in [-0.15, -0.1) is 11.8 Å². The summed E-state index contributed by atoms with van der Waals surface area (Å²) in [6, 6.07) is 15.1. The number of nitriles is 1. The van der Waals surface area contributed by atoms with E-state index in [1.54, 1.807) is 6.07 Å². The third-order valence-electron chi connectivity index (χ3n) is 4.01. The minimum absolute atomic E-state index is 0.191. The molecule has 8 heteroatoms. The molecule has 1 amide bonds. The highest BCUT2D eigenvalue weighted by Crippen LogP contribution is 2.26. The number of aryl methyl sites for hydroxylation is 1. The minimum atomic E-state index is -0.463. The van der Waals surface area contributed by atoms with Gasteiger partial charge in [-0.05, 0) is 37.3 Å². The summed E-state index contributed by atoms with van der Waals surface area (Å²) in [5.41, 5.74) is 2.15. The highest BCUT2D eigenvalue weighted by Gasteiger charge is 2.12. The molecule has 0 spiro atoms. The molecule has 0 fully saturated rings. The summed E-state index contributed by atoms with van der Waals surface area (Å²) in [5, 5.41) is 18.8. The van der Waals surface area contributed by atoms with Crippen LogP contribution in [0, 0.1) is 24.1 Å². The molecule has 6 nitrogen and oxygen atoms in total. The van der Waals surface area contributed by atoms with Crippen molar-refractivity contribution in [3.8, 4) is 6.07 Å². The number of hydrogen-bond donors (Lipinski definition) is 2. The molecule has 0 atom stereocenters. The Balaban J connectivity index is 1.54. The minimum Gasteiger partial charge on any atom is -0.382 e. The number of carbonyl (C=O) groups excluding carboxylic acids is 1. The summed E-state index contributed by atoms with van der Waals surface area (Å²) in [6.45, 7) is 2.61. The van der Waals surface area contributed by atoms with Crippen molar-refractivity contribution < 1.29 is 13.7 Å². The second kappa shape index (κ2) is 9.75. The number of amides is 1. The van der Waals surface area contributed by atoms with Crippen LogP contribution in [0.3, 0.4) is 0 Å². The number of nitrogens with zero attached hydrogens (tertiary/aromatic N) is 2. The lowest BCUT2D eigenvalue weighted by Gasteiger charge is -2.11. The number of aromatic nitrogens is 1. The third kappa shape index (κ3) is 5.59. The van der Waals surface area contributed by atoms with Gasteiger partial charge in [-0.1, -0.05) is 17.3 Å². The first kappa shape index (κ1) is 20.4. The number of hydrogen-bond acceptors (Lipinski definition) is 6. The Morgan fingerprint density at radius 2 is 2.07 bits per heavy atom. The van der Waals surface area contributed by atoms with Crippen molar-refractivity contribution in [1.29, 1.82) is 5.26 Å². The first-order valence-electron chi connectivity index (χ1n) is 8.92. The largest absolute Gasteiger partial charge is 0.382 e. The van der Waals surface area contributed by atoms with Crippen LogP contribution in [0.2, 0.25) is 0 Å². The number of carbonyl (C=O) groups is 1. The highest BCUT2D eigenvalue weighted by atomic mass is 32.2. The number of thioether (sulfide) groups is 1. The molecule has 3 aromatic rings. The van der Waals surface area contributed by atoms with E-state index >= 15 is 0 Å². The molecule has 0 saturated heterocycles. The molecule has 148 valence electrons. The Bertz CT molecular complexity index is 1050. The lowest BCUT2D eigenvalue weighted by atomic mass is 10.2. The maximum Gasteiger partial charge on any atom is 0.252 e. The molecule has 0 aliphatic carbocycles. The van der Waals surface area contributed by atoms with Crippen molar-refractivity contribution >= 4 is 23.4 Å². The zero-order chi connectivity index (χ0) is 20.6. The SMILES string of the molecule is Cc1cc(CSc2ccccc2C(=O)NCCNc2ccc(F)cc2C#N)on1. The topological polar surface area (TPSA) is 91.0 Å². The van der Waals surface area contributed by atoms with Crippen LogP contribution in [0.1, 0.15) is 27.4 Å². The van der Waals surface area contributed by atoms with Gasteiger partial charge in [0.1, 0.15) is 17.6 Å². The van der Waals surface area contributed by atoms with Crippen molar-refractivity contribution in [2.24, 2.45) is 0 Å². The Kier molecular flexibility index (Phi) is 6.87. The van der Waals surface area contributed by atoms with Gasteiger partial charge < -0.3 is 15.2 Å². The Morgan fingerprint density at radius 3 is 2.83 bits per heavy atom. The molecule has 0 aliphatic rings. The lowest BCUT2D eigenvalue weighted by Crippen LogP contribution is -2.29. The molecule has 0 bridgehead atoms. The fourth-order valence-corrected chi connectivity index (χ4v) is 3.57. The average molecular weight is 410 g/mol. The highest BCUT2D eigenvalue weighted by molar-refractivity contribution is 7.98. The number of halogens is 1. The molecule has 0 radical (unpaired) electrons. The maximum atomic E-state index is 13.2. The summed E-state index contributed by atoms with van der Waals surface area (Å²) >= 11 is 1.50. The molecule has 2 aromatic carbocycles. The Morgan fingerprint density at radius 1 is 1.24 bits per heavy atom. The summed E-state index contributed by atoms with van der Waals surface area (Å²) < 4.78 is 18.4. The fourth-order valence-electron chi connectivity index (χ4n) is 2.64. The van der Waals surface area contributed by atoms with E-state index in [1.165, 1.54) is 30.0 Å². The van der Waals surface area contributed by atoms with E-state index in [9.17, 15) is 9.18 Å². The molecule has 1 heterocycles. The molecule has 29 heavy (non-hydrogen) atoms. The van der Waals surface area contributed by atoms with Crippen LogP contribution in [0.4, 0.5) is 10.1 Å². The zero-order valence-corrected chi connectivity index (χ0v) is 16.6. The van der Waals surface area contributed by atoms with E-state index in [-0.39, 0.29) is 11.5 Å². The normalized spacial score (nSPS) is 10.4. The molecular weight excluding hydrogens is 391 g/mol.